The first-order chi connectivity index (χ1) is 20.9. The van der Waals surface area contributed by atoms with Crippen molar-refractivity contribution in [3.63, 3.8) is 0 Å². The number of ether oxygens (including phenoxy) is 2. The number of thiol groups is 2. The van der Waals surface area contributed by atoms with Crippen molar-refractivity contribution in [1.29, 1.82) is 0 Å². The number of benzene rings is 4. The molecule has 0 radical (unpaired) electrons. The maximum atomic E-state index is 11.5. The molecule has 1 aliphatic rings. The van der Waals surface area contributed by atoms with Gasteiger partial charge in [0, 0.05) is 22.7 Å². The number of carbonyl (C=O) groups excluding carboxylic acids is 2. The molecule has 4 aromatic carbocycles. The van der Waals surface area contributed by atoms with E-state index in [1.54, 1.807) is 0 Å². The second-order valence-electron chi connectivity index (χ2n) is 10.6. The van der Waals surface area contributed by atoms with Crippen molar-refractivity contribution in [2.24, 2.45) is 0 Å². The number of hydrogen-bond acceptors (Lipinski definition) is 6. The van der Waals surface area contributed by atoms with Gasteiger partial charge in [-0.25, -0.2) is 9.59 Å². The van der Waals surface area contributed by atoms with Crippen molar-refractivity contribution in [2.75, 3.05) is 13.2 Å². The predicted molar refractivity (Wildman–Crippen MR) is 179 cm³/mol. The van der Waals surface area contributed by atoms with Crippen molar-refractivity contribution in [1.82, 2.24) is 0 Å². The average Bonchev–Trinajstić information content (AvgIpc) is 3.34. The van der Waals surface area contributed by atoms with Gasteiger partial charge in [-0.2, -0.15) is 25.3 Å². The Bertz CT molecular complexity index is 1500. The van der Waals surface area contributed by atoms with E-state index in [9.17, 15) is 9.59 Å². The Morgan fingerprint density at radius 3 is 1.37 bits per heavy atom. The van der Waals surface area contributed by atoms with E-state index in [4.69, 9.17) is 9.47 Å². The quantitative estimate of drug-likeness (QED) is 0.0897. The molecule has 0 fully saturated rings. The molecular weight excluding hydrogens is 573 g/mol. The van der Waals surface area contributed by atoms with Gasteiger partial charge in [-0.15, -0.1) is 0 Å². The normalized spacial score (nSPS) is 14.1. The van der Waals surface area contributed by atoms with E-state index in [0.717, 1.165) is 23.3 Å². The van der Waals surface area contributed by atoms with Crippen LogP contribution in [0.3, 0.4) is 0 Å². The van der Waals surface area contributed by atoms with Crippen molar-refractivity contribution in [2.45, 2.75) is 28.8 Å². The van der Waals surface area contributed by atoms with Gasteiger partial charge in [-0.1, -0.05) is 110 Å². The van der Waals surface area contributed by atoms with Gasteiger partial charge in [0.15, 0.2) is 0 Å². The average molecular weight is 607 g/mol. The lowest BCUT2D eigenvalue weighted by molar-refractivity contribution is -0.138. The molecule has 0 aromatic heterocycles. The topological polar surface area (TPSA) is 52.6 Å². The highest BCUT2D eigenvalue weighted by molar-refractivity contribution is 7.81. The van der Waals surface area contributed by atoms with Crippen LogP contribution < -0.4 is 0 Å². The van der Waals surface area contributed by atoms with Crippen molar-refractivity contribution in [3.8, 4) is 11.1 Å². The van der Waals surface area contributed by atoms with Crippen LogP contribution in [0.4, 0.5) is 0 Å². The zero-order valence-corrected chi connectivity index (χ0v) is 25.6. The summed E-state index contributed by atoms with van der Waals surface area (Å²) < 4.78 is 10.4. The molecule has 1 aliphatic carbocycles. The Morgan fingerprint density at radius 2 is 1.00 bits per heavy atom. The standard InChI is InChI=1S/C37H34O4S2/c1-3-35(38)40-23-29(42)21-25-13-17-27(18-14-25)37(33-11-7-5-9-31(33)32-10-6-8-12-34(32)37)28-19-15-26(16-20-28)22-30(43)24-41-36(39)4-2/h3-20,29-30,42-43H,1-2,21-24H2. The SMILES string of the molecule is C=CC(=O)OCC(S)Cc1ccc(C2(c3ccc(CC(S)COC(=O)C=C)cc3)c3ccccc3-c3ccccc32)cc1. The third-order valence-corrected chi connectivity index (χ3v) is 8.50. The second kappa shape index (κ2) is 13.5. The lowest BCUT2D eigenvalue weighted by Gasteiger charge is -2.34. The molecule has 2 unspecified atom stereocenters. The van der Waals surface area contributed by atoms with E-state index in [0.29, 0.717) is 12.8 Å². The Kier molecular flexibility index (Phi) is 9.59. The summed E-state index contributed by atoms with van der Waals surface area (Å²) in [4.78, 5) is 22.9. The van der Waals surface area contributed by atoms with Crippen LogP contribution in [0.1, 0.15) is 33.4 Å². The summed E-state index contributed by atoms with van der Waals surface area (Å²) in [7, 11) is 0. The first-order valence-electron chi connectivity index (χ1n) is 14.2. The maximum absolute atomic E-state index is 11.5. The van der Waals surface area contributed by atoms with E-state index < -0.39 is 17.4 Å². The second-order valence-corrected chi connectivity index (χ2v) is 12.1. The van der Waals surface area contributed by atoms with Crippen LogP contribution in [-0.2, 0) is 37.3 Å². The van der Waals surface area contributed by atoms with Gasteiger partial charge in [0.05, 0.1) is 5.41 Å². The van der Waals surface area contributed by atoms with Crippen molar-refractivity contribution in [3.05, 3.63) is 156 Å². The Hall–Kier alpha value is -4.00. The molecule has 4 aromatic rings. The fraction of sp³-hybridized carbons (Fsp3) is 0.189. The molecule has 4 nitrogen and oxygen atoms in total. The third-order valence-electron chi connectivity index (χ3n) is 7.84. The molecule has 43 heavy (non-hydrogen) atoms. The van der Waals surface area contributed by atoms with Gasteiger partial charge in [0.1, 0.15) is 13.2 Å². The van der Waals surface area contributed by atoms with Crippen LogP contribution in [0.25, 0.3) is 11.1 Å². The molecule has 0 saturated carbocycles. The summed E-state index contributed by atoms with van der Waals surface area (Å²) in [6, 6.07) is 34.6. The highest BCUT2D eigenvalue weighted by Crippen LogP contribution is 2.55. The summed E-state index contributed by atoms with van der Waals surface area (Å²) in [5, 5.41) is -0.250. The summed E-state index contributed by atoms with van der Waals surface area (Å²) in [6.07, 6.45) is 3.65. The molecular formula is C37H34O4S2. The maximum Gasteiger partial charge on any atom is 0.330 e. The monoisotopic (exact) mass is 606 g/mol. The summed E-state index contributed by atoms with van der Waals surface area (Å²) in [5.41, 5.74) is 8.98. The summed E-state index contributed by atoms with van der Waals surface area (Å²) in [6.45, 7) is 7.33. The van der Waals surface area contributed by atoms with Crippen LogP contribution >= 0.6 is 25.3 Å². The Balaban J connectivity index is 1.51. The van der Waals surface area contributed by atoms with Crippen molar-refractivity contribution >= 4 is 37.2 Å². The lowest BCUT2D eigenvalue weighted by Crippen LogP contribution is -2.28. The zero-order chi connectivity index (χ0) is 30.4. The largest absolute Gasteiger partial charge is 0.461 e. The molecule has 0 N–H and O–H groups in total. The van der Waals surface area contributed by atoms with E-state index in [-0.39, 0.29) is 23.7 Å². The van der Waals surface area contributed by atoms with Gasteiger partial charge < -0.3 is 9.47 Å². The van der Waals surface area contributed by atoms with Crippen molar-refractivity contribution < 1.29 is 19.1 Å². The van der Waals surface area contributed by atoms with Gasteiger partial charge in [-0.05, 0) is 57.3 Å². The molecule has 0 bridgehead atoms. The predicted octanol–water partition coefficient (Wildman–Crippen LogP) is 7.19. The minimum Gasteiger partial charge on any atom is -0.461 e. The minimum atomic E-state index is -0.510. The third kappa shape index (κ3) is 6.36. The molecule has 0 aliphatic heterocycles. The number of carbonyl (C=O) groups is 2. The molecule has 0 spiro atoms. The number of esters is 2. The van der Waals surface area contributed by atoms with Crippen LogP contribution in [0.2, 0.25) is 0 Å². The molecule has 0 amide bonds. The Labute approximate surface area is 264 Å². The number of hydrogen-bond donors (Lipinski definition) is 2. The van der Waals surface area contributed by atoms with Gasteiger partial charge >= 0.3 is 11.9 Å². The first-order valence-corrected chi connectivity index (χ1v) is 15.2. The molecule has 5 rings (SSSR count). The van der Waals surface area contributed by atoms with Crippen LogP contribution in [-0.4, -0.2) is 35.7 Å². The van der Waals surface area contributed by atoms with E-state index in [1.807, 2.05) is 0 Å². The first kappa shape index (κ1) is 30.5. The highest BCUT2D eigenvalue weighted by atomic mass is 32.1. The van der Waals surface area contributed by atoms with Crippen LogP contribution in [0.5, 0.6) is 0 Å². The van der Waals surface area contributed by atoms with Gasteiger partial charge in [0.25, 0.3) is 0 Å². The molecule has 6 heteroatoms. The molecule has 0 heterocycles. The minimum absolute atomic E-state index is 0.125. The van der Waals surface area contributed by atoms with Gasteiger partial charge in [-0.3, -0.25) is 0 Å². The van der Waals surface area contributed by atoms with E-state index in [1.165, 1.54) is 33.4 Å². The molecule has 2 atom stereocenters. The molecule has 218 valence electrons. The van der Waals surface area contributed by atoms with E-state index in [2.05, 4.69) is 135 Å². The molecule has 0 saturated heterocycles. The fourth-order valence-corrected chi connectivity index (χ4v) is 6.51. The van der Waals surface area contributed by atoms with E-state index >= 15 is 0 Å². The number of rotatable bonds is 12. The highest BCUT2D eigenvalue weighted by Gasteiger charge is 2.45. The number of fused-ring (bicyclic) bond motifs is 3. The summed E-state index contributed by atoms with van der Waals surface area (Å²) in [5.74, 6) is -0.885. The zero-order valence-electron chi connectivity index (χ0n) is 23.8. The summed E-state index contributed by atoms with van der Waals surface area (Å²) >= 11 is 9.26. The van der Waals surface area contributed by atoms with Crippen LogP contribution in [0, 0.1) is 0 Å². The Morgan fingerprint density at radius 1 is 0.628 bits per heavy atom. The smallest absolute Gasteiger partial charge is 0.330 e. The fourth-order valence-electron chi connectivity index (χ4n) is 5.94. The van der Waals surface area contributed by atoms with Crippen LogP contribution in [0.15, 0.2) is 122 Å². The lowest BCUT2D eigenvalue weighted by atomic mass is 9.67. The van der Waals surface area contributed by atoms with Gasteiger partial charge in [0.2, 0.25) is 0 Å².